The summed E-state index contributed by atoms with van der Waals surface area (Å²) in [6.07, 6.45) is 10.4. The van der Waals surface area contributed by atoms with E-state index >= 15 is 0 Å². The Balaban J connectivity index is 1.66. The average molecular weight is 296 g/mol. The summed E-state index contributed by atoms with van der Waals surface area (Å²) in [7, 11) is 0. The molecule has 2 saturated heterocycles. The molecule has 1 N–H and O–H groups in total. The monoisotopic (exact) mass is 296 g/mol. The van der Waals surface area contributed by atoms with Crippen LogP contribution >= 0.6 is 0 Å². The van der Waals surface area contributed by atoms with Crippen LogP contribution in [-0.2, 0) is 4.74 Å². The molecule has 0 spiro atoms. The van der Waals surface area contributed by atoms with Crippen LogP contribution < -0.4 is 5.32 Å². The summed E-state index contributed by atoms with van der Waals surface area (Å²) in [5.41, 5.74) is 0. The number of hydrogen-bond acceptors (Lipinski definition) is 3. The zero-order chi connectivity index (χ0) is 15.1. The van der Waals surface area contributed by atoms with E-state index in [-0.39, 0.29) is 0 Å². The number of hydrogen-bond donors (Lipinski definition) is 1. The van der Waals surface area contributed by atoms with Crippen LogP contribution in [0.15, 0.2) is 0 Å². The van der Waals surface area contributed by atoms with Gasteiger partial charge in [0, 0.05) is 19.1 Å². The van der Waals surface area contributed by atoms with Crippen LogP contribution in [0.1, 0.15) is 65.7 Å². The Morgan fingerprint density at radius 1 is 1.10 bits per heavy atom. The molecule has 3 atom stereocenters. The minimum Gasteiger partial charge on any atom is -0.372 e. The highest BCUT2D eigenvalue weighted by Crippen LogP contribution is 2.24. The molecule has 2 aliphatic heterocycles. The fourth-order valence-electron chi connectivity index (χ4n) is 3.82. The van der Waals surface area contributed by atoms with Gasteiger partial charge in [0.25, 0.3) is 0 Å². The highest BCUT2D eigenvalue weighted by Gasteiger charge is 2.27. The molecule has 0 saturated carbocycles. The first-order valence-electron chi connectivity index (χ1n) is 9.28. The lowest BCUT2D eigenvalue weighted by atomic mass is 9.96. The number of rotatable bonds is 7. The molecule has 0 aliphatic carbocycles. The molecule has 2 rings (SSSR count). The van der Waals surface area contributed by atoms with Gasteiger partial charge >= 0.3 is 0 Å². The van der Waals surface area contributed by atoms with Gasteiger partial charge in [0.05, 0.1) is 12.2 Å². The van der Waals surface area contributed by atoms with E-state index < -0.39 is 0 Å². The quantitative estimate of drug-likeness (QED) is 0.779. The predicted molar refractivity (Wildman–Crippen MR) is 89.7 cm³/mol. The molecule has 21 heavy (non-hydrogen) atoms. The van der Waals surface area contributed by atoms with Gasteiger partial charge in [-0.3, -0.25) is 0 Å². The first-order valence-corrected chi connectivity index (χ1v) is 9.28. The van der Waals surface area contributed by atoms with Crippen LogP contribution in [0, 0.1) is 5.92 Å². The minimum atomic E-state index is 0.442. The van der Waals surface area contributed by atoms with Crippen molar-refractivity contribution in [3.05, 3.63) is 0 Å². The van der Waals surface area contributed by atoms with Crippen LogP contribution in [0.3, 0.4) is 0 Å². The summed E-state index contributed by atoms with van der Waals surface area (Å²) in [5.74, 6) is 0.979. The Bertz CT molecular complexity index is 282. The number of nitrogens with one attached hydrogen (secondary N) is 1. The van der Waals surface area contributed by atoms with E-state index in [2.05, 4.69) is 31.0 Å². The summed E-state index contributed by atoms with van der Waals surface area (Å²) < 4.78 is 6.23. The Kier molecular flexibility index (Phi) is 7.48. The highest BCUT2D eigenvalue weighted by atomic mass is 16.5. The van der Waals surface area contributed by atoms with Crippen LogP contribution in [-0.4, -0.2) is 49.3 Å². The van der Waals surface area contributed by atoms with E-state index in [0.717, 1.165) is 19.0 Å². The van der Waals surface area contributed by atoms with Crippen molar-refractivity contribution in [2.75, 3.05) is 26.2 Å². The zero-order valence-electron chi connectivity index (χ0n) is 14.4. The summed E-state index contributed by atoms with van der Waals surface area (Å²) in [6, 6.07) is 0.564. The molecule has 0 amide bonds. The van der Waals surface area contributed by atoms with E-state index in [1.54, 1.807) is 0 Å². The number of ether oxygens (including phenoxy) is 1. The maximum Gasteiger partial charge on any atom is 0.0707 e. The van der Waals surface area contributed by atoms with E-state index in [0.29, 0.717) is 18.2 Å². The first-order chi connectivity index (χ1) is 10.2. The van der Waals surface area contributed by atoms with Crippen molar-refractivity contribution in [1.82, 2.24) is 10.2 Å². The second-order valence-corrected chi connectivity index (χ2v) is 7.41. The number of nitrogens with zero attached hydrogens (tertiary/aromatic N) is 1. The lowest BCUT2D eigenvalue weighted by Gasteiger charge is -2.24. The van der Waals surface area contributed by atoms with Gasteiger partial charge in [0.1, 0.15) is 0 Å². The van der Waals surface area contributed by atoms with Crippen LogP contribution in [0.25, 0.3) is 0 Å². The second kappa shape index (κ2) is 9.12. The van der Waals surface area contributed by atoms with Gasteiger partial charge in [-0.2, -0.15) is 0 Å². The molecular weight excluding hydrogens is 260 g/mol. The molecule has 3 nitrogen and oxygen atoms in total. The van der Waals surface area contributed by atoms with Crippen molar-refractivity contribution in [3.8, 4) is 0 Å². The van der Waals surface area contributed by atoms with E-state index in [1.807, 2.05) is 0 Å². The lowest BCUT2D eigenvalue weighted by Crippen LogP contribution is -2.35. The predicted octanol–water partition coefficient (Wildman–Crippen LogP) is 3.43. The van der Waals surface area contributed by atoms with Gasteiger partial charge in [0.15, 0.2) is 0 Å². The van der Waals surface area contributed by atoms with Crippen LogP contribution in [0.4, 0.5) is 0 Å². The van der Waals surface area contributed by atoms with Crippen LogP contribution in [0.5, 0.6) is 0 Å². The van der Waals surface area contributed by atoms with Crippen molar-refractivity contribution in [1.29, 1.82) is 0 Å². The molecule has 3 unspecified atom stereocenters. The van der Waals surface area contributed by atoms with Crippen molar-refractivity contribution in [3.63, 3.8) is 0 Å². The average Bonchev–Trinajstić information content (AvgIpc) is 2.78. The van der Waals surface area contributed by atoms with E-state index in [4.69, 9.17) is 4.74 Å². The Morgan fingerprint density at radius 2 is 1.90 bits per heavy atom. The van der Waals surface area contributed by atoms with Gasteiger partial charge in [-0.25, -0.2) is 0 Å². The first kappa shape index (κ1) is 17.2. The van der Waals surface area contributed by atoms with E-state index in [9.17, 15) is 0 Å². The molecule has 0 aromatic rings. The Hall–Kier alpha value is -0.120. The molecule has 0 bridgehead atoms. The van der Waals surface area contributed by atoms with Crippen molar-refractivity contribution >= 4 is 0 Å². The molecule has 2 heterocycles. The molecule has 124 valence electrons. The van der Waals surface area contributed by atoms with Crippen molar-refractivity contribution < 1.29 is 4.74 Å². The minimum absolute atomic E-state index is 0.442. The smallest absolute Gasteiger partial charge is 0.0707 e. The van der Waals surface area contributed by atoms with Gasteiger partial charge in [-0.1, -0.05) is 33.6 Å². The Morgan fingerprint density at radius 3 is 2.67 bits per heavy atom. The Labute approximate surface area is 131 Å². The van der Waals surface area contributed by atoms with Gasteiger partial charge in [0.2, 0.25) is 0 Å². The molecule has 0 aromatic carbocycles. The molecule has 2 aliphatic rings. The van der Waals surface area contributed by atoms with Gasteiger partial charge in [-0.15, -0.1) is 0 Å². The number of likely N-dealkylation sites (tertiary alicyclic amines) is 1. The van der Waals surface area contributed by atoms with Crippen LogP contribution in [0.2, 0.25) is 0 Å². The third kappa shape index (κ3) is 6.25. The summed E-state index contributed by atoms with van der Waals surface area (Å²) in [6.45, 7) is 11.5. The zero-order valence-corrected chi connectivity index (χ0v) is 14.4. The maximum absolute atomic E-state index is 6.23. The molecule has 3 heteroatoms. The third-order valence-corrected chi connectivity index (χ3v) is 5.05. The molecule has 2 fully saturated rings. The van der Waals surface area contributed by atoms with Crippen molar-refractivity contribution in [2.45, 2.75) is 84.0 Å². The van der Waals surface area contributed by atoms with Gasteiger partial charge < -0.3 is 15.0 Å². The highest BCUT2D eigenvalue weighted by molar-refractivity contribution is 4.80. The second-order valence-electron chi connectivity index (χ2n) is 7.41. The third-order valence-electron chi connectivity index (χ3n) is 5.05. The topological polar surface area (TPSA) is 24.5 Å². The van der Waals surface area contributed by atoms with E-state index in [1.165, 1.54) is 58.0 Å². The summed E-state index contributed by atoms with van der Waals surface area (Å²) in [4.78, 5) is 2.67. The lowest BCUT2D eigenvalue weighted by molar-refractivity contribution is 0.0230. The molecule has 0 aromatic heterocycles. The van der Waals surface area contributed by atoms with Crippen molar-refractivity contribution in [2.24, 2.45) is 5.92 Å². The molecule has 0 radical (unpaired) electrons. The summed E-state index contributed by atoms with van der Waals surface area (Å²) in [5, 5.41) is 3.50. The maximum atomic E-state index is 6.23. The SMILES string of the molecule is CCCC1CCCN(CC2CCC(CNC(C)C)O2)CC1. The normalized spacial score (nSPS) is 31.7. The standard InChI is InChI=1S/C18H36N2O/c1-4-6-16-7-5-11-20(12-10-16)14-18-9-8-17(21-18)13-19-15(2)3/h15-19H,4-14H2,1-3H3. The van der Waals surface area contributed by atoms with Gasteiger partial charge in [-0.05, 0) is 51.1 Å². The largest absolute Gasteiger partial charge is 0.372 e. The fourth-order valence-corrected chi connectivity index (χ4v) is 3.82. The summed E-state index contributed by atoms with van der Waals surface area (Å²) >= 11 is 0. The fraction of sp³-hybridized carbons (Fsp3) is 1.00. The molecular formula is C18H36N2O.